The zero-order valence-electron chi connectivity index (χ0n) is 11.4. The molecule has 1 atom stereocenters. The Morgan fingerprint density at radius 1 is 0.944 bits per heavy atom. The van der Waals surface area contributed by atoms with E-state index in [0.29, 0.717) is 30.5 Å². The van der Waals surface area contributed by atoms with Crippen LogP contribution in [0.3, 0.4) is 0 Å². The fourth-order valence-electron chi connectivity index (χ4n) is 1.48. The van der Waals surface area contributed by atoms with Gasteiger partial charge in [-0.15, -0.1) is 0 Å². The van der Waals surface area contributed by atoms with Gasteiger partial charge < -0.3 is 24.3 Å². The summed E-state index contributed by atoms with van der Waals surface area (Å²) >= 11 is 0. The highest BCUT2D eigenvalue weighted by Gasteiger charge is 2.08. The Bertz CT molecular complexity index is 335. The van der Waals surface area contributed by atoms with Gasteiger partial charge in [0.15, 0.2) is 0 Å². The second-order valence-electron chi connectivity index (χ2n) is 3.80. The Morgan fingerprint density at radius 2 is 1.50 bits per heavy atom. The molecule has 18 heavy (non-hydrogen) atoms. The van der Waals surface area contributed by atoms with Gasteiger partial charge in [0.2, 0.25) is 0 Å². The van der Waals surface area contributed by atoms with Gasteiger partial charge in [-0.1, -0.05) is 0 Å². The molecule has 0 aliphatic heterocycles. The highest BCUT2D eigenvalue weighted by Crippen LogP contribution is 2.27. The first kappa shape index (κ1) is 14.6. The van der Waals surface area contributed by atoms with E-state index < -0.39 is 0 Å². The largest absolute Gasteiger partial charge is 0.496 e. The van der Waals surface area contributed by atoms with Crippen LogP contribution in [0.2, 0.25) is 0 Å². The maximum absolute atomic E-state index is 5.69. The predicted octanol–water partition coefficient (Wildman–Crippen LogP) is 1.32. The molecule has 1 aromatic carbocycles. The Morgan fingerprint density at radius 3 is 1.94 bits per heavy atom. The van der Waals surface area contributed by atoms with Gasteiger partial charge >= 0.3 is 0 Å². The van der Waals surface area contributed by atoms with Crippen LogP contribution in [0.25, 0.3) is 0 Å². The number of benzene rings is 1. The van der Waals surface area contributed by atoms with Crippen LogP contribution in [-0.2, 0) is 4.74 Å². The van der Waals surface area contributed by atoms with Gasteiger partial charge in [0.25, 0.3) is 0 Å². The Balaban J connectivity index is 2.65. The van der Waals surface area contributed by atoms with Crippen molar-refractivity contribution < 1.29 is 18.9 Å². The Kier molecular flexibility index (Phi) is 6.32. The zero-order chi connectivity index (χ0) is 13.4. The Labute approximate surface area is 108 Å². The molecule has 0 heterocycles. The summed E-state index contributed by atoms with van der Waals surface area (Å²) in [7, 11) is 6.76. The molecule has 0 aliphatic rings. The van der Waals surface area contributed by atoms with E-state index in [1.54, 1.807) is 27.4 Å². The third kappa shape index (κ3) is 4.43. The monoisotopic (exact) mass is 255 g/mol. The second kappa shape index (κ2) is 7.79. The standard InChI is InChI=1S/C13H21NO4/c1-14-10(8-15-2)9-18-13-6-11(16-3)5-12(7-13)17-4/h5-7,10,14H,8-9H2,1-4H3. The summed E-state index contributed by atoms with van der Waals surface area (Å²) in [4.78, 5) is 0. The number of hydrogen-bond donors (Lipinski definition) is 1. The maximum atomic E-state index is 5.69. The van der Waals surface area contributed by atoms with Crippen LogP contribution in [-0.4, -0.2) is 47.6 Å². The van der Waals surface area contributed by atoms with Crippen LogP contribution in [0.4, 0.5) is 0 Å². The fourth-order valence-corrected chi connectivity index (χ4v) is 1.48. The van der Waals surface area contributed by atoms with Crippen LogP contribution >= 0.6 is 0 Å². The van der Waals surface area contributed by atoms with Crippen LogP contribution in [0.1, 0.15) is 0 Å². The summed E-state index contributed by atoms with van der Waals surface area (Å²) in [5.74, 6) is 2.12. The number of nitrogens with one attached hydrogen (secondary N) is 1. The lowest BCUT2D eigenvalue weighted by molar-refractivity contribution is 0.139. The van der Waals surface area contributed by atoms with E-state index in [-0.39, 0.29) is 6.04 Å². The first-order chi connectivity index (χ1) is 8.73. The first-order valence-electron chi connectivity index (χ1n) is 5.75. The minimum Gasteiger partial charge on any atom is -0.496 e. The molecular formula is C13H21NO4. The quantitative estimate of drug-likeness (QED) is 0.759. The summed E-state index contributed by atoms with van der Waals surface area (Å²) in [6.45, 7) is 1.11. The number of methoxy groups -OCH3 is 3. The van der Waals surface area contributed by atoms with Crippen LogP contribution < -0.4 is 19.5 Å². The van der Waals surface area contributed by atoms with Crippen LogP contribution in [0.15, 0.2) is 18.2 Å². The molecule has 5 nitrogen and oxygen atoms in total. The summed E-state index contributed by atoms with van der Waals surface area (Å²) in [6.07, 6.45) is 0. The van der Waals surface area contributed by atoms with E-state index in [2.05, 4.69) is 5.32 Å². The normalized spacial score (nSPS) is 12.0. The van der Waals surface area contributed by atoms with E-state index in [4.69, 9.17) is 18.9 Å². The fraction of sp³-hybridized carbons (Fsp3) is 0.538. The molecule has 0 bridgehead atoms. The van der Waals surface area contributed by atoms with Crippen molar-refractivity contribution in [2.24, 2.45) is 0 Å². The van der Waals surface area contributed by atoms with Gasteiger partial charge in [0.05, 0.1) is 26.9 Å². The minimum atomic E-state index is 0.146. The van der Waals surface area contributed by atoms with Crippen molar-refractivity contribution in [3.63, 3.8) is 0 Å². The van der Waals surface area contributed by atoms with Crippen molar-refractivity contribution in [3.8, 4) is 17.2 Å². The van der Waals surface area contributed by atoms with Crippen LogP contribution in [0.5, 0.6) is 17.2 Å². The van der Waals surface area contributed by atoms with Crippen LogP contribution in [0, 0.1) is 0 Å². The third-order valence-corrected chi connectivity index (χ3v) is 2.55. The van der Waals surface area contributed by atoms with Crippen molar-refractivity contribution in [2.45, 2.75) is 6.04 Å². The summed E-state index contributed by atoms with van der Waals surface area (Å²) < 4.78 is 21.1. The van der Waals surface area contributed by atoms with Crippen molar-refractivity contribution in [1.29, 1.82) is 0 Å². The lowest BCUT2D eigenvalue weighted by atomic mass is 10.3. The van der Waals surface area contributed by atoms with Crippen molar-refractivity contribution in [2.75, 3.05) is 41.6 Å². The van der Waals surface area contributed by atoms with Crippen molar-refractivity contribution in [3.05, 3.63) is 18.2 Å². The smallest absolute Gasteiger partial charge is 0.126 e. The molecule has 1 aromatic rings. The lowest BCUT2D eigenvalue weighted by Gasteiger charge is -2.16. The molecule has 0 saturated carbocycles. The SMILES string of the molecule is CNC(COC)COc1cc(OC)cc(OC)c1. The molecule has 0 aromatic heterocycles. The molecule has 5 heteroatoms. The molecule has 0 spiro atoms. The highest BCUT2D eigenvalue weighted by atomic mass is 16.5. The molecule has 0 fully saturated rings. The molecule has 0 saturated heterocycles. The molecule has 0 aliphatic carbocycles. The van der Waals surface area contributed by atoms with E-state index in [1.807, 2.05) is 19.2 Å². The topological polar surface area (TPSA) is 49.0 Å². The average Bonchev–Trinajstić information content (AvgIpc) is 2.42. The first-order valence-corrected chi connectivity index (χ1v) is 5.75. The average molecular weight is 255 g/mol. The van der Waals surface area contributed by atoms with Gasteiger partial charge in [0, 0.05) is 25.3 Å². The molecule has 1 rings (SSSR count). The minimum absolute atomic E-state index is 0.146. The Hall–Kier alpha value is -1.46. The summed E-state index contributed by atoms with van der Waals surface area (Å²) in [6, 6.07) is 5.59. The zero-order valence-corrected chi connectivity index (χ0v) is 11.4. The molecule has 102 valence electrons. The maximum Gasteiger partial charge on any atom is 0.126 e. The predicted molar refractivity (Wildman–Crippen MR) is 69.8 cm³/mol. The summed E-state index contributed by atoms with van der Waals surface area (Å²) in [5, 5.41) is 3.12. The highest BCUT2D eigenvalue weighted by molar-refractivity contribution is 5.41. The molecule has 0 radical (unpaired) electrons. The van der Waals surface area contributed by atoms with Gasteiger partial charge in [-0.05, 0) is 7.05 Å². The number of hydrogen-bond acceptors (Lipinski definition) is 5. The molecular weight excluding hydrogens is 234 g/mol. The third-order valence-electron chi connectivity index (χ3n) is 2.55. The number of ether oxygens (including phenoxy) is 4. The van der Waals surface area contributed by atoms with E-state index in [0.717, 1.165) is 0 Å². The molecule has 1 N–H and O–H groups in total. The van der Waals surface area contributed by atoms with E-state index in [1.165, 1.54) is 0 Å². The van der Waals surface area contributed by atoms with Gasteiger partial charge in [-0.2, -0.15) is 0 Å². The van der Waals surface area contributed by atoms with Gasteiger partial charge in [0.1, 0.15) is 23.9 Å². The lowest BCUT2D eigenvalue weighted by Crippen LogP contribution is -2.35. The molecule has 0 amide bonds. The van der Waals surface area contributed by atoms with Crippen molar-refractivity contribution >= 4 is 0 Å². The van der Waals surface area contributed by atoms with E-state index >= 15 is 0 Å². The number of likely N-dealkylation sites (N-methyl/N-ethyl adjacent to an activating group) is 1. The van der Waals surface area contributed by atoms with Crippen molar-refractivity contribution in [1.82, 2.24) is 5.32 Å². The van der Waals surface area contributed by atoms with E-state index in [9.17, 15) is 0 Å². The summed E-state index contributed by atoms with van der Waals surface area (Å²) in [5.41, 5.74) is 0. The molecule has 1 unspecified atom stereocenters. The number of rotatable bonds is 8. The van der Waals surface area contributed by atoms with Gasteiger partial charge in [-0.25, -0.2) is 0 Å². The van der Waals surface area contributed by atoms with Gasteiger partial charge in [-0.3, -0.25) is 0 Å². The second-order valence-corrected chi connectivity index (χ2v) is 3.80.